The predicted molar refractivity (Wildman–Crippen MR) is 84.6 cm³/mol. The van der Waals surface area contributed by atoms with Gasteiger partial charge in [-0.05, 0) is 61.0 Å². The molecule has 0 aliphatic rings. The summed E-state index contributed by atoms with van der Waals surface area (Å²) < 4.78 is 1.14. The van der Waals surface area contributed by atoms with Gasteiger partial charge < -0.3 is 5.32 Å². The van der Waals surface area contributed by atoms with Gasteiger partial charge in [-0.2, -0.15) is 0 Å². The molecule has 1 unspecified atom stereocenters. The van der Waals surface area contributed by atoms with E-state index in [4.69, 9.17) is 0 Å². The van der Waals surface area contributed by atoms with E-state index in [0.29, 0.717) is 6.04 Å². The molecule has 0 radical (unpaired) electrons. The van der Waals surface area contributed by atoms with Gasteiger partial charge in [0, 0.05) is 15.0 Å². The third-order valence-electron chi connectivity index (χ3n) is 3.12. The minimum Gasteiger partial charge on any atom is -0.377 e. The second kappa shape index (κ2) is 5.89. The first-order valence-electron chi connectivity index (χ1n) is 6.20. The van der Waals surface area contributed by atoms with Crippen molar-refractivity contribution in [3.05, 3.63) is 50.1 Å². The molecule has 0 aliphatic carbocycles. The molecule has 0 fully saturated rings. The average Bonchev–Trinajstić information content (AvgIpc) is 2.77. The highest BCUT2D eigenvalue weighted by Gasteiger charge is 2.11. The van der Waals surface area contributed by atoms with Crippen molar-refractivity contribution in [3.63, 3.8) is 0 Å². The zero-order chi connectivity index (χ0) is 13.1. The lowest BCUT2D eigenvalue weighted by Crippen LogP contribution is -2.07. The van der Waals surface area contributed by atoms with Gasteiger partial charge >= 0.3 is 0 Å². The minimum absolute atomic E-state index is 0.358. The Bertz CT molecular complexity index is 533. The molecule has 0 saturated heterocycles. The first-order chi connectivity index (χ1) is 8.61. The summed E-state index contributed by atoms with van der Waals surface area (Å²) in [4.78, 5) is 1.42. The van der Waals surface area contributed by atoms with E-state index < -0.39 is 0 Å². The van der Waals surface area contributed by atoms with Crippen molar-refractivity contribution in [2.24, 2.45) is 0 Å². The van der Waals surface area contributed by atoms with Crippen LogP contribution in [0, 0.1) is 6.92 Å². The van der Waals surface area contributed by atoms with Gasteiger partial charge in [0.2, 0.25) is 0 Å². The number of nitrogens with one attached hydrogen (secondary N) is 1. The van der Waals surface area contributed by atoms with Crippen molar-refractivity contribution in [1.29, 1.82) is 0 Å². The topological polar surface area (TPSA) is 12.0 Å². The van der Waals surface area contributed by atoms with Crippen LogP contribution in [0.25, 0.3) is 0 Å². The molecule has 2 rings (SSSR count). The van der Waals surface area contributed by atoms with Crippen LogP contribution in [0.1, 0.15) is 35.9 Å². The number of thiophene rings is 1. The van der Waals surface area contributed by atoms with Crippen LogP contribution in [0.15, 0.2) is 34.1 Å². The number of rotatable bonds is 4. The molecule has 1 heterocycles. The summed E-state index contributed by atoms with van der Waals surface area (Å²) >= 11 is 5.35. The summed E-state index contributed by atoms with van der Waals surface area (Å²) in [5.41, 5.74) is 3.96. The van der Waals surface area contributed by atoms with Gasteiger partial charge in [0.25, 0.3) is 0 Å². The van der Waals surface area contributed by atoms with Crippen molar-refractivity contribution in [1.82, 2.24) is 0 Å². The number of anilines is 1. The van der Waals surface area contributed by atoms with Crippen molar-refractivity contribution in [2.75, 3.05) is 5.32 Å². The highest BCUT2D eigenvalue weighted by Crippen LogP contribution is 2.29. The average molecular weight is 324 g/mol. The lowest BCUT2D eigenvalue weighted by atomic mass is 10.1. The Morgan fingerprint density at radius 1 is 1.33 bits per heavy atom. The van der Waals surface area contributed by atoms with Crippen LogP contribution < -0.4 is 5.32 Å². The van der Waals surface area contributed by atoms with Crippen molar-refractivity contribution in [3.8, 4) is 0 Å². The Hall–Kier alpha value is -0.800. The van der Waals surface area contributed by atoms with Crippen molar-refractivity contribution >= 4 is 33.0 Å². The number of hydrogen-bond acceptors (Lipinski definition) is 2. The molecule has 0 saturated carbocycles. The Balaban J connectivity index is 2.21. The molecule has 1 aromatic carbocycles. The van der Waals surface area contributed by atoms with Crippen LogP contribution >= 0.6 is 27.3 Å². The summed E-state index contributed by atoms with van der Waals surface area (Å²) in [6.07, 6.45) is 1.04. The molecule has 2 aromatic rings. The fourth-order valence-corrected chi connectivity index (χ4v) is 3.47. The van der Waals surface area contributed by atoms with Gasteiger partial charge in [-0.3, -0.25) is 0 Å². The molecule has 1 atom stereocenters. The summed E-state index contributed by atoms with van der Waals surface area (Å²) in [6.45, 7) is 6.58. The molecule has 1 aromatic heterocycles. The molecule has 96 valence electrons. The highest BCUT2D eigenvalue weighted by atomic mass is 79.9. The molecule has 1 N–H and O–H groups in total. The summed E-state index contributed by atoms with van der Waals surface area (Å²) in [5, 5.41) is 5.78. The van der Waals surface area contributed by atoms with E-state index in [2.05, 4.69) is 71.7 Å². The van der Waals surface area contributed by atoms with Crippen LogP contribution in [-0.2, 0) is 6.42 Å². The van der Waals surface area contributed by atoms with E-state index in [9.17, 15) is 0 Å². The van der Waals surface area contributed by atoms with Crippen LogP contribution in [0.5, 0.6) is 0 Å². The summed E-state index contributed by atoms with van der Waals surface area (Å²) in [5.74, 6) is 0. The third kappa shape index (κ3) is 2.96. The summed E-state index contributed by atoms with van der Waals surface area (Å²) in [6, 6.07) is 8.98. The molecule has 3 heteroatoms. The van der Waals surface area contributed by atoms with Crippen molar-refractivity contribution < 1.29 is 0 Å². The van der Waals surface area contributed by atoms with Crippen molar-refractivity contribution in [2.45, 2.75) is 33.2 Å². The molecular weight excluding hydrogens is 306 g/mol. The largest absolute Gasteiger partial charge is 0.377 e. The molecule has 0 amide bonds. The van der Waals surface area contributed by atoms with Gasteiger partial charge in [0.15, 0.2) is 0 Å². The van der Waals surface area contributed by atoms with Gasteiger partial charge in [-0.1, -0.05) is 22.9 Å². The molecule has 18 heavy (non-hydrogen) atoms. The zero-order valence-electron chi connectivity index (χ0n) is 11.0. The van der Waals surface area contributed by atoms with E-state index in [-0.39, 0.29) is 0 Å². The maximum Gasteiger partial charge on any atom is 0.0581 e. The number of aryl methyl sites for hydroxylation is 2. The first-order valence-corrected chi connectivity index (χ1v) is 7.88. The maximum absolute atomic E-state index is 3.62. The number of halogens is 1. The molecule has 0 bridgehead atoms. The third-order valence-corrected chi connectivity index (χ3v) is 4.81. The lowest BCUT2D eigenvalue weighted by molar-refractivity contribution is 0.893. The standard InChI is InChI=1S/C15H18BrNS/c1-4-12-9-13(16)5-6-14(12)17-11(3)15-10(2)7-8-18-15/h5-9,11,17H,4H2,1-3H3. The quantitative estimate of drug-likeness (QED) is 0.777. The maximum atomic E-state index is 3.62. The second-order valence-corrected chi connectivity index (χ2v) is 6.35. The monoisotopic (exact) mass is 323 g/mol. The van der Waals surface area contributed by atoms with Gasteiger partial charge in [-0.25, -0.2) is 0 Å². The molecule has 0 spiro atoms. The van der Waals surface area contributed by atoms with Crippen LogP contribution in [0.4, 0.5) is 5.69 Å². The van der Waals surface area contributed by atoms with Gasteiger partial charge in [0.05, 0.1) is 6.04 Å². The van der Waals surface area contributed by atoms with E-state index in [1.165, 1.54) is 21.7 Å². The van der Waals surface area contributed by atoms with E-state index in [0.717, 1.165) is 10.9 Å². The SMILES string of the molecule is CCc1cc(Br)ccc1NC(C)c1sccc1C. The van der Waals surface area contributed by atoms with E-state index in [1.54, 1.807) is 0 Å². The molecular formula is C15H18BrNS. The number of hydrogen-bond donors (Lipinski definition) is 1. The minimum atomic E-state index is 0.358. The van der Waals surface area contributed by atoms with Crippen LogP contribution in [-0.4, -0.2) is 0 Å². The first kappa shape index (κ1) is 13.6. The number of benzene rings is 1. The lowest BCUT2D eigenvalue weighted by Gasteiger charge is -2.18. The fourth-order valence-electron chi connectivity index (χ4n) is 2.12. The summed E-state index contributed by atoms with van der Waals surface area (Å²) in [7, 11) is 0. The predicted octanol–water partition coefficient (Wildman–Crippen LogP) is 5.55. The molecule has 1 nitrogen and oxygen atoms in total. The zero-order valence-corrected chi connectivity index (χ0v) is 13.4. The van der Waals surface area contributed by atoms with Crippen LogP contribution in [0.2, 0.25) is 0 Å². The Labute approximate surface area is 121 Å². The Morgan fingerprint density at radius 3 is 2.72 bits per heavy atom. The van der Waals surface area contributed by atoms with Gasteiger partial charge in [-0.15, -0.1) is 11.3 Å². The Morgan fingerprint density at radius 2 is 2.11 bits per heavy atom. The fraction of sp³-hybridized carbons (Fsp3) is 0.333. The Kier molecular flexibility index (Phi) is 4.46. The van der Waals surface area contributed by atoms with E-state index >= 15 is 0 Å². The smallest absolute Gasteiger partial charge is 0.0581 e. The molecule has 0 aliphatic heterocycles. The van der Waals surface area contributed by atoms with Crippen LogP contribution in [0.3, 0.4) is 0 Å². The van der Waals surface area contributed by atoms with Gasteiger partial charge in [0.1, 0.15) is 0 Å². The van der Waals surface area contributed by atoms with E-state index in [1.807, 2.05) is 11.3 Å². The highest BCUT2D eigenvalue weighted by molar-refractivity contribution is 9.10. The normalized spacial score (nSPS) is 12.4. The second-order valence-electron chi connectivity index (χ2n) is 4.49.